The van der Waals surface area contributed by atoms with Crippen molar-refractivity contribution in [3.05, 3.63) is 70.8 Å². The summed E-state index contributed by atoms with van der Waals surface area (Å²) in [5.74, 6) is 0. The molecule has 0 saturated carbocycles. The molecule has 0 bridgehead atoms. The Bertz CT molecular complexity index is 433. The van der Waals surface area contributed by atoms with Crippen LogP contribution in [-0.4, -0.2) is 4.69 Å². The predicted molar refractivity (Wildman–Crippen MR) is 66.1 cm³/mol. The van der Waals surface area contributed by atoms with Gasteiger partial charge in [-0.25, -0.2) is 0 Å². The Labute approximate surface area is 94.7 Å². The Morgan fingerprint density at radius 2 is 1.19 bits per heavy atom. The number of nitrogens with zero attached hydrogens (tertiary/aromatic N) is 1. The van der Waals surface area contributed by atoms with Crippen LogP contribution in [0.4, 0.5) is 0 Å². The van der Waals surface area contributed by atoms with Crippen LogP contribution < -0.4 is 10.6 Å². The SMILES string of the molecule is O=[N+]([O-])P(c1ccccc1)c1ccccc1. The molecule has 0 unspecified atom stereocenters. The molecule has 0 aromatic heterocycles. The Balaban J connectivity index is 2.44. The first-order valence-corrected chi connectivity index (χ1v) is 6.13. The zero-order chi connectivity index (χ0) is 11.4. The first-order chi connectivity index (χ1) is 7.79. The molecule has 0 saturated heterocycles. The van der Waals surface area contributed by atoms with E-state index in [4.69, 9.17) is 0 Å². The largest absolute Gasteiger partial charge is 0.313 e. The van der Waals surface area contributed by atoms with Crippen LogP contribution in [-0.2, 0) is 0 Å². The molecule has 0 heterocycles. The van der Waals surface area contributed by atoms with Crippen LogP contribution in [0, 0.1) is 10.1 Å². The minimum atomic E-state index is -1.49. The van der Waals surface area contributed by atoms with Gasteiger partial charge in [-0.1, -0.05) is 36.4 Å². The lowest BCUT2D eigenvalue weighted by Crippen LogP contribution is -2.16. The first-order valence-electron chi connectivity index (χ1n) is 4.83. The van der Waals surface area contributed by atoms with Crippen molar-refractivity contribution in [3.8, 4) is 0 Å². The van der Waals surface area contributed by atoms with Crippen molar-refractivity contribution in [2.24, 2.45) is 0 Å². The molecule has 3 nitrogen and oxygen atoms in total. The molecule has 0 amide bonds. The molecule has 0 aliphatic heterocycles. The van der Waals surface area contributed by atoms with E-state index in [1.807, 2.05) is 60.7 Å². The summed E-state index contributed by atoms with van der Waals surface area (Å²) in [6.07, 6.45) is 0. The molecule has 2 rings (SSSR count). The van der Waals surface area contributed by atoms with Gasteiger partial charge >= 0.3 is 8.07 Å². The summed E-state index contributed by atoms with van der Waals surface area (Å²) in [5.41, 5.74) is 0. The fourth-order valence-corrected chi connectivity index (χ4v) is 3.06. The normalized spacial score (nSPS) is 10.3. The Morgan fingerprint density at radius 3 is 1.50 bits per heavy atom. The lowest BCUT2D eigenvalue weighted by Gasteiger charge is -2.07. The van der Waals surface area contributed by atoms with Crippen LogP contribution in [0.25, 0.3) is 0 Å². The summed E-state index contributed by atoms with van der Waals surface area (Å²) in [7, 11) is -1.49. The standard InChI is InChI=1S/C12H10NO2P/c14-13(15)16(11-7-3-1-4-8-11)12-9-5-2-6-10-12/h1-10H. The summed E-state index contributed by atoms with van der Waals surface area (Å²) in [5, 5.41) is 12.7. The molecule has 0 spiro atoms. The average molecular weight is 231 g/mol. The van der Waals surface area contributed by atoms with Gasteiger partial charge in [0.2, 0.25) is 0 Å². The Hall–Kier alpha value is -1.73. The zero-order valence-corrected chi connectivity index (χ0v) is 9.38. The third-order valence-corrected chi connectivity index (χ3v) is 4.07. The van der Waals surface area contributed by atoms with E-state index in [0.717, 1.165) is 10.6 Å². The number of benzene rings is 2. The van der Waals surface area contributed by atoms with E-state index in [1.54, 1.807) is 0 Å². The number of nitro groups is 1. The first kappa shape index (κ1) is 10.8. The van der Waals surface area contributed by atoms with Crippen molar-refractivity contribution in [3.63, 3.8) is 0 Å². The van der Waals surface area contributed by atoms with E-state index in [9.17, 15) is 10.1 Å². The molecule has 0 aliphatic rings. The third-order valence-electron chi connectivity index (χ3n) is 2.16. The molecule has 80 valence electrons. The fourth-order valence-electron chi connectivity index (χ4n) is 1.48. The van der Waals surface area contributed by atoms with E-state index in [0.29, 0.717) is 0 Å². The van der Waals surface area contributed by atoms with E-state index in [1.165, 1.54) is 0 Å². The zero-order valence-electron chi connectivity index (χ0n) is 8.48. The maximum Gasteiger partial charge on any atom is 0.313 e. The van der Waals surface area contributed by atoms with Crippen molar-refractivity contribution in [1.29, 1.82) is 0 Å². The Kier molecular flexibility index (Phi) is 3.28. The van der Waals surface area contributed by atoms with Crippen molar-refractivity contribution in [1.82, 2.24) is 0 Å². The van der Waals surface area contributed by atoms with E-state index < -0.39 is 8.07 Å². The quantitative estimate of drug-likeness (QED) is 0.462. The highest BCUT2D eigenvalue weighted by atomic mass is 31.1. The summed E-state index contributed by atoms with van der Waals surface area (Å²) < 4.78 is -0.194. The van der Waals surface area contributed by atoms with Crippen LogP contribution in [0.3, 0.4) is 0 Å². The Morgan fingerprint density at radius 1 is 0.812 bits per heavy atom. The minimum Gasteiger partial charge on any atom is -0.263 e. The summed E-state index contributed by atoms with van der Waals surface area (Å²) >= 11 is 0. The average Bonchev–Trinajstić information content (AvgIpc) is 2.31. The predicted octanol–water partition coefficient (Wildman–Crippen LogP) is 2.31. The summed E-state index contributed by atoms with van der Waals surface area (Å²) in [4.78, 5) is 11.1. The van der Waals surface area contributed by atoms with Crippen LogP contribution in [0.15, 0.2) is 60.7 Å². The van der Waals surface area contributed by atoms with E-state index >= 15 is 0 Å². The number of rotatable bonds is 3. The van der Waals surface area contributed by atoms with Gasteiger partial charge in [0, 0.05) is 4.69 Å². The molecule has 0 fully saturated rings. The molecule has 0 radical (unpaired) electrons. The van der Waals surface area contributed by atoms with Gasteiger partial charge < -0.3 is 0 Å². The lowest BCUT2D eigenvalue weighted by atomic mass is 10.4. The molecule has 16 heavy (non-hydrogen) atoms. The maximum absolute atomic E-state index is 11.1. The highest BCUT2D eigenvalue weighted by Crippen LogP contribution is 2.32. The third kappa shape index (κ3) is 2.26. The number of hydrogen-bond donors (Lipinski definition) is 0. The van der Waals surface area contributed by atoms with Gasteiger partial charge in [-0.15, -0.1) is 0 Å². The van der Waals surface area contributed by atoms with Gasteiger partial charge in [0.25, 0.3) is 0 Å². The molecule has 4 heteroatoms. The lowest BCUT2D eigenvalue weighted by molar-refractivity contribution is -0.298. The van der Waals surface area contributed by atoms with Crippen LogP contribution >= 0.6 is 8.07 Å². The summed E-state index contributed by atoms with van der Waals surface area (Å²) in [6.45, 7) is 0. The molecule has 0 atom stereocenters. The van der Waals surface area contributed by atoms with Crippen LogP contribution in [0.2, 0.25) is 0 Å². The van der Waals surface area contributed by atoms with E-state index in [2.05, 4.69) is 0 Å². The van der Waals surface area contributed by atoms with Gasteiger partial charge in [0.05, 0.1) is 10.6 Å². The highest BCUT2D eigenvalue weighted by Gasteiger charge is 2.26. The van der Waals surface area contributed by atoms with Crippen LogP contribution in [0.1, 0.15) is 0 Å². The molecule has 2 aromatic rings. The van der Waals surface area contributed by atoms with Gasteiger partial charge in [-0.05, 0) is 24.3 Å². The molecular weight excluding hydrogens is 221 g/mol. The number of hydrogen-bond acceptors (Lipinski definition) is 2. The monoisotopic (exact) mass is 231 g/mol. The second-order valence-electron chi connectivity index (χ2n) is 3.22. The molecular formula is C12H10NO2P. The molecule has 0 N–H and O–H groups in total. The van der Waals surface area contributed by atoms with Crippen molar-refractivity contribution in [2.75, 3.05) is 0 Å². The minimum absolute atomic E-state index is 0.194. The van der Waals surface area contributed by atoms with Crippen LogP contribution in [0.5, 0.6) is 0 Å². The highest BCUT2D eigenvalue weighted by molar-refractivity contribution is 7.67. The van der Waals surface area contributed by atoms with Gasteiger partial charge in [-0.3, -0.25) is 10.1 Å². The van der Waals surface area contributed by atoms with Gasteiger partial charge in [-0.2, -0.15) is 0 Å². The second kappa shape index (κ2) is 4.86. The molecule has 2 aromatic carbocycles. The second-order valence-corrected chi connectivity index (χ2v) is 5.20. The maximum atomic E-state index is 11.1. The molecule has 0 aliphatic carbocycles. The van der Waals surface area contributed by atoms with E-state index in [-0.39, 0.29) is 4.69 Å². The van der Waals surface area contributed by atoms with Crippen molar-refractivity contribution in [2.45, 2.75) is 0 Å². The fraction of sp³-hybridized carbons (Fsp3) is 0. The van der Waals surface area contributed by atoms with Gasteiger partial charge in [0.15, 0.2) is 0 Å². The van der Waals surface area contributed by atoms with Crippen molar-refractivity contribution < 1.29 is 4.69 Å². The van der Waals surface area contributed by atoms with Gasteiger partial charge in [0.1, 0.15) is 0 Å². The summed E-state index contributed by atoms with van der Waals surface area (Å²) in [6, 6.07) is 18.3. The topological polar surface area (TPSA) is 43.1 Å². The van der Waals surface area contributed by atoms with Crippen molar-refractivity contribution >= 4 is 18.7 Å². The smallest absolute Gasteiger partial charge is 0.263 e.